The summed E-state index contributed by atoms with van der Waals surface area (Å²) in [6, 6.07) is 11.9. The number of carbonyl (C=O) groups excluding carboxylic acids is 1. The summed E-state index contributed by atoms with van der Waals surface area (Å²) in [7, 11) is 0. The molecule has 1 N–H and O–H groups in total. The highest BCUT2D eigenvalue weighted by atomic mass is 16.2. The number of fused-ring (bicyclic) bond motifs is 2. The minimum Gasteiger partial charge on any atom is -0.356 e. The number of rotatable bonds is 3. The van der Waals surface area contributed by atoms with Gasteiger partial charge in [-0.15, -0.1) is 0 Å². The van der Waals surface area contributed by atoms with Crippen molar-refractivity contribution in [3.05, 3.63) is 76.2 Å². The van der Waals surface area contributed by atoms with Crippen molar-refractivity contribution in [2.24, 2.45) is 0 Å². The molecule has 1 saturated heterocycles. The van der Waals surface area contributed by atoms with Gasteiger partial charge in [0.15, 0.2) is 5.65 Å². The number of carbonyl (C=O) groups is 1. The van der Waals surface area contributed by atoms with Crippen LogP contribution in [0.15, 0.2) is 53.7 Å². The number of aromatic nitrogens is 5. The van der Waals surface area contributed by atoms with Crippen LogP contribution in [0.2, 0.25) is 0 Å². The van der Waals surface area contributed by atoms with Crippen LogP contribution < -0.4 is 15.5 Å². The molecule has 5 heterocycles. The van der Waals surface area contributed by atoms with Crippen molar-refractivity contribution in [1.82, 2.24) is 24.5 Å². The van der Waals surface area contributed by atoms with Crippen LogP contribution in [-0.2, 0) is 5.41 Å². The third-order valence-electron chi connectivity index (χ3n) is 7.49. The molecule has 1 fully saturated rings. The maximum Gasteiger partial charge on any atom is 0.327 e. The topological polar surface area (TPSA) is 100 Å². The first kappa shape index (κ1) is 22.5. The fourth-order valence-corrected chi connectivity index (χ4v) is 5.62. The highest BCUT2D eigenvalue weighted by Crippen LogP contribution is 2.41. The fourth-order valence-electron chi connectivity index (χ4n) is 5.62. The van der Waals surface area contributed by atoms with Crippen molar-refractivity contribution in [1.29, 1.82) is 0 Å². The normalized spacial score (nSPS) is 17.5. The first-order valence-corrected chi connectivity index (χ1v) is 12.4. The van der Waals surface area contributed by atoms with Crippen molar-refractivity contribution in [3.8, 4) is 0 Å². The maximum absolute atomic E-state index is 13.6. The molecular formula is C27H29N7O2. The molecule has 0 spiro atoms. The van der Waals surface area contributed by atoms with Gasteiger partial charge in [0.2, 0.25) is 0 Å². The lowest BCUT2D eigenvalue weighted by molar-refractivity contribution is 0.0981. The van der Waals surface area contributed by atoms with E-state index in [9.17, 15) is 9.59 Å². The molecule has 0 unspecified atom stereocenters. The molecule has 0 saturated carbocycles. The number of benzene rings is 1. The van der Waals surface area contributed by atoms with Gasteiger partial charge in [0.05, 0.1) is 5.52 Å². The van der Waals surface area contributed by atoms with Crippen LogP contribution in [0.1, 0.15) is 54.3 Å². The molecule has 2 aliphatic heterocycles. The predicted molar refractivity (Wildman–Crippen MR) is 139 cm³/mol. The molecule has 9 nitrogen and oxygen atoms in total. The van der Waals surface area contributed by atoms with E-state index in [4.69, 9.17) is 0 Å². The Balaban J connectivity index is 1.21. The van der Waals surface area contributed by atoms with Gasteiger partial charge in [-0.3, -0.25) is 14.3 Å². The van der Waals surface area contributed by atoms with Gasteiger partial charge in [-0.05, 0) is 43.5 Å². The summed E-state index contributed by atoms with van der Waals surface area (Å²) in [5.74, 6) is 0.629. The van der Waals surface area contributed by atoms with E-state index in [1.807, 2.05) is 33.7 Å². The Kier molecular flexibility index (Phi) is 5.17. The molecule has 6 rings (SSSR count). The highest BCUT2D eigenvalue weighted by molar-refractivity contribution is 6.06. The zero-order valence-electron chi connectivity index (χ0n) is 20.7. The number of aromatic amines is 1. The van der Waals surface area contributed by atoms with E-state index in [-0.39, 0.29) is 23.1 Å². The number of nitrogens with one attached hydrogen (secondary N) is 1. The number of H-pyrrole nitrogens is 1. The molecule has 0 bridgehead atoms. The number of piperidine rings is 1. The Bertz CT molecular complexity index is 1530. The van der Waals surface area contributed by atoms with E-state index in [0.717, 1.165) is 43.0 Å². The van der Waals surface area contributed by atoms with Gasteiger partial charge in [0.25, 0.3) is 5.91 Å². The predicted octanol–water partition coefficient (Wildman–Crippen LogP) is 3.60. The number of anilines is 2. The molecule has 0 atom stereocenters. The van der Waals surface area contributed by atoms with E-state index in [1.165, 1.54) is 17.5 Å². The minimum absolute atomic E-state index is 0.0847. The summed E-state index contributed by atoms with van der Waals surface area (Å²) in [5, 5.41) is 0. The Morgan fingerprint density at radius 2 is 1.89 bits per heavy atom. The van der Waals surface area contributed by atoms with Gasteiger partial charge in [0.1, 0.15) is 17.8 Å². The van der Waals surface area contributed by atoms with E-state index < -0.39 is 0 Å². The highest BCUT2D eigenvalue weighted by Gasteiger charge is 2.38. The van der Waals surface area contributed by atoms with Crippen molar-refractivity contribution in [2.75, 3.05) is 29.4 Å². The first-order valence-electron chi connectivity index (χ1n) is 12.4. The Morgan fingerprint density at radius 3 is 2.69 bits per heavy atom. The minimum atomic E-state index is -0.124. The Labute approximate surface area is 208 Å². The molecule has 1 aromatic carbocycles. The Hall–Kier alpha value is -4.01. The summed E-state index contributed by atoms with van der Waals surface area (Å²) < 4.78 is 1.82. The Morgan fingerprint density at radius 1 is 1.08 bits per heavy atom. The molecule has 2 aliphatic rings. The van der Waals surface area contributed by atoms with E-state index in [2.05, 4.69) is 51.7 Å². The SMILES string of the molecule is Cc1ccc2c(c1)C(C)(C)CN2C(=O)c1cc(N2CCC(n3c(=O)[nH]c4ncccc43)CC2)ncn1. The summed E-state index contributed by atoms with van der Waals surface area (Å²) in [5.41, 5.74) is 4.93. The quantitative estimate of drug-likeness (QED) is 0.478. The number of nitrogens with zero attached hydrogens (tertiary/aromatic N) is 6. The van der Waals surface area contributed by atoms with Gasteiger partial charge in [0, 0.05) is 49.0 Å². The largest absolute Gasteiger partial charge is 0.356 e. The van der Waals surface area contributed by atoms with Gasteiger partial charge in [-0.25, -0.2) is 19.7 Å². The van der Waals surface area contributed by atoms with Crippen molar-refractivity contribution in [2.45, 2.75) is 45.1 Å². The summed E-state index contributed by atoms with van der Waals surface area (Å²) in [6.07, 6.45) is 4.74. The zero-order chi connectivity index (χ0) is 25.0. The number of hydrogen-bond acceptors (Lipinski definition) is 6. The number of pyridine rings is 1. The molecule has 0 aliphatic carbocycles. The van der Waals surface area contributed by atoms with E-state index in [1.54, 1.807) is 12.3 Å². The molecule has 36 heavy (non-hydrogen) atoms. The van der Waals surface area contributed by atoms with Crippen LogP contribution in [0.5, 0.6) is 0 Å². The standard InChI is InChI=1S/C27H29N7O2/c1-17-6-7-21-19(13-17)27(2,3)15-33(21)25(35)20-14-23(30-16-29-20)32-11-8-18(9-12-32)34-22-5-4-10-28-24(22)31-26(34)36/h4-7,10,13-14,16,18H,8-9,11-12,15H2,1-3H3,(H,28,31,36). The monoisotopic (exact) mass is 483 g/mol. The molecule has 0 radical (unpaired) electrons. The first-order chi connectivity index (χ1) is 17.3. The number of aryl methyl sites for hydroxylation is 1. The van der Waals surface area contributed by atoms with E-state index in [0.29, 0.717) is 17.9 Å². The van der Waals surface area contributed by atoms with Crippen LogP contribution in [0, 0.1) is 6.92 Å². The summed E-state index contributed by atoms with van der Waals surface area (Å²) in [4.78, 5) is 46.1. The lowest BCUT2D eigenvalue weighted by Crippen LogP contribution is -2.38. The third kappa shape index (κ3) is 3.66. The van der Waals surface area contributed by atoms with Crippen LogP contribution in [-0.4, -0.2) is 50.0 Å². The number of hydrogen-bond donors (Lipinski definition) is 1. The van der Waals surface area contributed by atoms with Crippen molar-refractivity contribution >= 4 is 28.6 Å². The zero-order valence-corrected chi connectivity index (χ0v) is 20.7. The average Bonchev–Trinajstić information content (AvgIpc) is 3.36. The second kappa shape index (κ2) is 8.29. The van der Waals surface area contributed by atoms with Gasteiger partial charge >= 0.3 is 5.69 Å². The lowest BCUT2D eigenvalue weighted by Gasteiger charge is -2.33. The van der Waals surface area contributed by atoms with Crippen LogP contribution in [0.3, 0.4) is 0 Å². The van der Waals surface area contributed by atoms with Crippen LogP contribution in [0.25, 0.3) is 11.2 Å². The van der Waals surface area contributed by atoms with Crippen LogP contribution in [0.4, 0.5) is 11.5 Å². The van der Waals surface area contributed by atoms with Crippen molar-refractivity contribution < 1.29 is 4.79 Å². The van der Waals surface area contributed by atoms with Gasteiger partial charge in [-0.1, -0.05) is 31.5 Å². The molecule has 184 valence electrons. The molecular weight excluding hydrogens is 454 g/mol. The fraction of sp³-hybridized carbons (Fsp3) is 0.370. The van der Waals surface area contributed by atoms with E-state index >= 15 is 0 Å². The third-order valence-corrected chi connectivity index (χ3v) is 7.49. The average molecular weight is 484 g/mol. The molecule has 1 amide bonds. The smallest absolute Gasteiger partial charge is 0.327 e. The van der Waals surface area contributed by atoms with Crippen LogP contribution >= 0.6 is 0 Å². The molecule has 4 aromatic rings. The number of imidazole rings is 1. The van der Waals surface area contributed by atoms with Gasteiger partial charge in [-0.2, -0.15) is 0 Å². The lowest BCUT2D eigenvalue weighted by atomic mass is 9.86. The molecule has 3 aromatic heterocycles. The molecule has 9 heteroatoms. The summed E-state index contributed by atoms with van der Waals surface area (Å²) >= 11 is 0. The van der Waals surface area contributed by atoms with Crippen molar-refractivity contribution in [3.63, 3.8) is 0 Å². The van der Waals surface area contributed by atoms with Gasteiger partial charge < -0.3 is 9.80 Å². The second-order valence-electron chi connectivity index (χ2n) is 10.4. The maximum atomic E-state index is 13.6. The second-order valence-corrected chi connectivity index (χ2v) is 10.4. The summed E-state index contributed by atoms with van der Waals surface area (Å²) in [6.45, 7) is 8.49. The number of amides is 1.